The van der Waals surface area contributed by atoms with E-state index in [1.165, 1.54) is 0 Å². The summed E-state index contributed by atoms with van der Waals surface area (Å²) in [4.78, 5) is 8.31. The van der Waals surface area contributed by atoms with Crippen molar-refractivity contribution in [3.05, 3.63) is 41.0 Å². The molecule has 0 amide bonds. The van der Waals surface area contributed by atoms with Crippen LogP contribution in [-0.4, -0.2) is 33.9 Å². The molecule has 0 atom stereocenters. The Balaban J connectivity index is 2.10. The molecule has 0 radical (unpaired) electrons. The third-order valence-electron chi connectivity index (χ3n) is 4.44. The van der Waals surface area contributed by atoms with Crippen LogP contribution in [0.3, 0.4) is 0 Å². The number of halogens is 1. The summed E-state index contributed by atoms with van der Waals surface area (Å²) in [6.45, 7) is 8.50. The van der Waals surface area contributed by atoms with E-state index in [0.29, 0.717) is 0 Å². The van der Waals surface area contributed by atoms with Crippen molar-refractivity contribution in [2.24, 2.45) is 0 Å². The van der Waals surface area contributed by atoms with Crippen molar-refractivity contribution < 1.29 is 0 Å². The van der Waals surface area contributed by atoms with Gasteiger partial charge in [0.15, 0.2) is 5.65 Å². The third kappa shape index (κ3) is 4.17. The molecule has 0 aliphatic heterocycles. The first-order valence-corrected chi connectivity index (χ1v) is 10.9. The van der Waals surface area contributed by atoms with Crippen molar-refractivity contribution in [1.29, 1.82) is 0 Å². The zero-order chi connectivity index (χ0) is 19.4. The van der Waals surface area contributed by atoms with Gasteiger partial charge in [0, 0.05) is 34.6 Å². The van der Waals surface area contributed by atoms with E-state index in [9.17, 15) is 0 Å². The van der Waals surface area contributed by atoms with Crippen molar-refractivity contribution in [2.75, 3.05) is 29.6 Å². The molecule has 0 saturated heterocycles. The minimum absolute atomic E-state index is 0.735. The van der Waals surface area contributed by atoms with Crippen molar-refractivity contribution >= 4 is 46.3 Å². The lowest BCUT2D eigenvalue weighted by molar-refractivity contribution is 0.712. The highest BCUT2D eigenvalue weighted by Gasteiger charge is 2.18. The molecule has 1 N–H and O–H groups in total. The highest BCUT2D eigenvalue weighted by Crippen LogP contribution is 2.34. The van der Waals surface area contributed by atoms with Crippen LogP contribution < -0.4 is 10.2 Å². The summed E-state index contributed by atoms with van der Waals surface area (Å²) in [5.41, 5.74) is 2.94. The molecule has 0 bridgehead atoms. The van der Waals surface area contributed by atoms with Crippen LogP contribution in [0.1, 0.15) is 32.3 Å². The summed E-state index contributed by atoms with van der Waals surface area (Å²) >= 11 is 7.82. The fraction of sp³-hybridized carbons (Fsp3) is 0.400. The molecule has 0 unspecified atom stereocenters. The van der Waals surface area contributed by atoms with E-state index in [1.807, 2.05) is 35.0 Å². The quantitative estimate of drug-likeness (QED) is 0.483. The molecular weight excluding hydrogens is 378 g/mol. The summed E-state index contributed by atoms with van der Waals surface area (Å²) in [6.07, 6.45) is 6.02. The first-order valence-electron chi connectivity index (χ1n) is 9.28. The van der Waals surface area contributed by atoms with Crippen LogP contribution in [-0.2, 0) is 0 Å². The van der Waals surface area contributed by atoms with Gasteiger partial charge in [-0.05, 0) is 44.2 Å². The Labute approximate surface area is 170 Å². The van der Waals surface area contributed by atoms with Crippen molar-refractivity contribution in [3.8, 4) is 0 Å². The van der Waals surface area contributed by atoms with E-state index in [4.69, 9.17) is 16.6 Å². The number of thioether (sulfide) groups is 1. The molecule has 0 aliphatic rings. The minimum atomic E-state index is 0.735. The van der Waals surface area contributed by atoms with E-state index in [1.54, 1.807) is 18.0 Å². The van der Waals surface area contributed by atoms with Gasteiger partial charge in [-0.1, -0.05) is 25.4 Å². The van der Waals surface area contributed by atoms with Crippen LogP contribution in [0, 0.1) is 6.92 Å². The van der Waals surface area contributed by atoms with Crippen molar-refractivity contribution in [3.63, 3.8) is 0 Å². The van der Waals surface area contributed by atoms with Crippen molar-refractivity contribution in [1.82, 2.24) is 14.6 Å². The van der Waals surface area contributed by atoms with Gasteiger partial charge in [0.25, 0.3) is 0 Å². The maximum Gasteiger partial charge on any atom is 0.159 e. The maximum absolute atomic E-state index is 6.15. The zero-order valence-electron chi connectivity index (χ0n) is 16.3. The number of benzene rings is 1. The topological polar surface area (TPSA) is 45.5 Å². The Hall–Kier alpha value is -1.92. The largest absolute Gasteiger partial charge is 0.356 e. The normalized spacial score (nSPS) is 11.1. The monoisotopic (exact) mass is 403 g/mol. The van der Waals surface area contributed by atoms with Crippen LogP contribution in [0.2, 0.25) is 5.02 Å². The van der Waals surface area contributed by atoms with Crippen molar-refractivity contribution in [2.45, 2.75) is 38.5 Å². The second-order valence-electron chi connectivity index (χ2n) is 6.47. The summed E-state index contributed by atoms with van der Waals surface area (Å²) < 4.78 is 1.95. The first-order chi connectivity index (χ1) is 13.1. The number of nitrogens with one attached hydrogen (secondary N) is 1. The smallest absolute Gasteiger partial charge is 0.159 e. The van der Waals surface area contributed by atoms with Gasteiger partial charge in [-0.2, -0.15) is 9.61 Å². The SMILES string of the molecule is CCCN(CCC)c1c(C)c(Nc2ccc(Cl)cc2SC)nc2ccnn12. The Bertz CT molecular complexity index is 918. The van der Waals surface area contributed by atoms with E-state index < -0.39 is 0 Å². The van der Waals surface area contributed by atoms with Gasteiger partial charge in [0.05, 0.1) is 11.9 Å². The molecule has 144 valence electrons. The summed E-state index contributed by atoms with van der Waals surface area (Å²) in [5, 5.41) is 8.78. The summed E-state index contributed by atoms with van der Waals surface area (Å²) in [5.74, 6) is 1.96. The summed E-state index contributed by atoms with van der Waals surface area (Å²) in [6, 6.07) is 7.83. The predicted octanol–water partition coefficient (Wildman–Crippen LogP) is 5.78. The number of anilines is 3. The molecule has 0 spiro atoms. The highest BCUT2D eigenvalue weighted by atomic mass is 35.5. The average Bonchev–Trinajstić information content (AvgIpc) is 3.11. The van der Waals surface area contributed by atoms with E-state index in [-0.39, 0.29) is 0 Å². The molecule has 27 heavy (non-hydrogen) atoms. The molecular formula is C20H26ClN5S. The van der Waals surface area contributed by atoms with Gasteiger partial charge >= 0.3 is 0 Å². The van der Waals surface area contributed by atoms with Gasteiger partial charge in [-0.3, -0.25) is 0 Å². The molecule has 0 aliphatic carbocycles. The van der Waals surface area contributed by atoms with Crippen LogP contribution >= 0.6 is 23.4 Å². The average molecular weight is 404 g/mol. The fourth-order valence-corrected chi connectivity index (χ4v) is 4.08. The summed E-state index contributed by atoms with van der Waals surface area (Å²) in [7, 11) is 0. The Morgan fingerprint density at radius 2 is 1.93 bits per heavy atom. The van der Waals surface area contributed by atoms with Gasteiger partial charge in [-0.15, -0.1) is 11.8 Å². The number of rotatable bonds is 8. The second-order valence-corrected chi connectivity index (χ2v) is 7.75. The molecule has 1 aromatic carbocycles. The van der Waals surface area contributed by atoms with Crippen LogP contribution in [0.25, 0.3) is 5.65 Å². The van der Waals surface area contributed by atoms with E-state index >= 15 is 0 Å². The number of fused-ring (bicyclic) bond motifs is 1. The lowest BCUT2D eigenvalue weighted by atomic mass is 10.2. The molecule has 3 rings (SSSR count). The molecule has 0 fully saturated rings. The maximum atomic E-state index is 6.15. The lowest BCUT2D eigenvalue weighted by Gasteiger charge is -2.27. The molecule has 0 saturated carbocycles. The molecule has 2 heterocycles. The standard InChI is InChI=1S/C20H26ClN5S/c1-5-11-25(12-6-2)20-14(3)19(24-18-9-10-22-26(18)20)23-16-8-7-15(21)13-17(16)27-4/h7-10,13H,5-6,11-12H2,1-4H3,(H,23,24). The van der Waals surface area contributed by atoms with E-state index in [0.717, 1.165) is 64.4 Å². The third-order valence-corrected chi connectivity index (χ3v) is 5.46. The Morgan fingerprint density at radius 3 is 2.59 bits per heavy atom. The van der Waals surface area contributed by atoms with Crippen LogP contribution in [0.15, 0.2) is 35.4 Å². The van der Waals surface area contributed by atoms with Gasteiger partial charge in [0.2, 0.25) is 0 Å². The number of aromatic nitrogens is 3. The van der Waals surface area contributed by atoms with E-state index in [2.05, 4.69) is 36.1 Å². The van der Waals surface area contributed by atoms with Gasteiger partial charge in [-0.25, -0.2) is 4.98 Å². The lowest BCUT2D eigenvalue weighted by Crippen LogP contribution is -2.28. The van der Waals surface area contributed by atoms with Crippen LogP contribution in [0.5, 0.6) is 0 Å². The van der Waals surface area contributed by atoms with Crippen LogP contribution in [0.4, 0.5) is 17.3 Å². The molecule has 3 aromatic rings. The molecule has 2 aromatic heterocycles. The number of hydrogen-bond acceptors (Lipinski definition) is 5. The molecule has 7 heteroatoms. The Morgan fingerprint density at radius 1 is 1.19 bits per heavy atom. The minimum Gasteiger partial charge on any atom is -0.356 e. The zero-order valence-corrected chi connectivity index (χ0v) is 17.9. The second kappa shape index (κ2) is 8.85. The van der Waals surface area contributed by atoms with Gasteiger partial charge in [0.1, 0.15) is 11.6 Å². The fourth-order valence-electron chi connectivity index (χ4n) is 3.26. The van der Waals surface area contributed by atoms with Gasteiger partial charge < -0.3 is 10.2 Å². The Kier molecular flexibility index (Phi) is 6.50. The molecule has 5 nitrogen and oxygen atoms in total. The highest BCUT2D eigenvalue weighted by molar-refractivity contribution is 7.98. The number of hydrogen-bond donors (Lipinski definition) is 1. The predicted molar refractivity (Wildman–Crippen MR) is 117 cm³/mol. The number of nitrogens with zero attached hydrogens (tertiary/aromatic N) is 4. The first kappa shape index (κ1) is 19.8.